The molecule has 0 aromatic heterocycles. The topological polar surface area (TPSA) is 55.6 Å². The highest BCUT2D eigenvalue weighted by molar-refractivity contribution is 5.94. The van der Waals surface area contributed by atoms with Crippen LogP contribution in [-0.2, 0) is 11.3 Å². The van der Waals surface area contributed by atoms with Gasteiger partial charge in [-0.15, -0.1) is 0 Å². The van der Waals surface area contributed by atoms with Crippen LogP contribution in [0.5, 0.6) is 0 Å². The molecule has 94 valence electrons. The number of hydrogen-bond acceptors (Lipinski definition) is 3. The number of nitrogens with zero attached hydrogens (tertiary/aromatic N) is 1. The Hall–Kier alpha value is -1.39. The number of hydrogen-bond donors (Lipinski definition) is 1. The average Bonchev–Trinajstić information content (AvgIpc) is 2.37. The van der Waals surface area contributed by atoms with Crippen LogP contribution < -0.4 is 5.73 Å². The summed E-state index contributed by atoms with van der Waals surface area (Å²) in [6.45, 7) is 2.98. The van der Waals surface area contributed by atoms with E-state index >= 15 is 0 Å². The first-order chi connectivity index (χ1) is 8.10. The van der Waals surface area contributed by atoms with Crippen molar-refractivity contribution in [3.63, 3.8) is 0 Å². The van der Waals surface area contributed by atoms with Crippen LogP contribution in [0.2, 0.25) is 0 Å². The number of rotatable bonds is 5. The SMILES string of the molecule is COCC(C)N(C)C(=O)c1ccc(CN)cc1. The fraction of sp³-hybridized carbons (Fsp3) is 0.462. The number of benzene rings is 1. The first-order valence-electron chi connectivity index (χ1n) is 5.65. The number of nitrogens with two attached hydrogens (primary N) is 1. The van der Waals surface area contributed by atoms with Gasteiger partial charge >= 0.3 is 0 Å². The molecule has 1 aromatic rings. The van der Waals surface area contributed by atoms with Gasteiger partial charge in [-0.05, 0) is 24.6 Å². The van der Waals surface area contributed by atoms with Gasteiger partial charge in [-0.1, -0.05) is 12.1 Å². The number of carbonyl (C=O) groups excluding carboxylic acids is 1. The summed E-state index contributed by atoms with van der Waals surface area (Å²) in [4.78, 5) is 13.8. The number of methoxy groups -OCH3 is 1. The third-order valence-electron chi connectivity index (χ3n) is 2.83. The second-order valence-corrected chi connectivity index (χ2v) is 4.12. The lowest BCUT2D eigenvalue weighted by molar-refractivity contribution is 0.0633. The van der Waals surface area contributed by atoms with Crippen molar-refractivity contribution in [3.8, 4) is 0 Å². The van der Waals surface area contributed by atoms with Crippen molar-refractivity contribution in [2.45, 2.75) is 19.5 Å². The van der Waals surface area contributed by atoms with E-state index in [9.17, 15) is 4.79 Å². The van der Waals surface area contributed by atoms with Crippen LogP contribution in [0.3, 0.4) is 0 Å². The lowest BCUT2D eigenvalue weighted by Crippen LogP contribution is -2.37. The minimum atomic E-state index is -0.00174. The molecule has 1 rings (SSSR count). The monoisotopic (exact) mass is 236 g/mol. The van der Waals surface area contributed by atoms with E-state index in [1.807, 2.05) is 19.1 Å². The second-order valence-electron chi connectivity index (χ2n) is 4.12. The zero-order chi connectivity index (χ0) is 12.8. The van der Waals surface area contributed by atoms with E-state index in [-0.39, 0.29) is 11.9 Å². The molecular formula is C13H20N2O2. The van der Waals surface area contributed by atoms with Crippen molar-refractivity contribution in [2.75, 3.05) is 20.8 Å². The van der Waals surface area contributed by atoms with Gasteiger partial charge in [-0.3, -0.25) is 4.79 Å². The van der Waals surface area contributed by atoms with E-state index in [0.29, 0.717) is 18.7 Å². The number of carbonyl (C=O) groups is 1. The molecule has 1 atom stereocenters. The maximum atomic E-state index is 12.1. The maximum absolute atomic E-state index is 12.1. The fourth-order valence-corrected chi connectivity index (χ4v) is 1.54. The van der Waals surface area contributed by atoms with Crippen LogP contribution in [0.15, 0.2) is 24.3 Å². The summed E-state index contributed by atoms with van der Waals surface area (Å²) < 4.78 is 5.04. The Morgan fingerprint density at radius 2 is 2.00 bits per heavy atom. The smallest absolute Gasteiger partial charge is 0.253 e. The van der Waals surface area contributed by atoms with Crippen molar-refractivity contribution < 1.29 is 9.53 Å². The molecule has 0 bridgehead atoms. The Kier molecular flexibility index (Phi) is 5.12. The third kappa shape index (κ3) is 3.54. The van der Waals surface area contributed by atoms with E-state index in [4.69, 9.17) is 10.5 Å². The quantitative estimate of drug-likeness (QED) is 0.837. The maximum Gasteiger partial charge on any atom is 0.253 e. The lowest BCUT2D eigenvalue weighted by Gasteiger charge is -2.24. The summed E-state index contributed by atoms with van der Waals surface area (Å²) in [5.74, 6) is -0.00174. The van der Waals surface area contributed by atoms with Crippen LogP contribution in [0.4, 0.5) is 0 Å². The molecular weight excluding hydrogens is 216 g/mol. The van der Waals surface area contributed by atoms with Gasteiger partial charge in [0.2, 0.25) is 0 Å². The summed E-state index contributed by atoms with van der Waals surface area (Å²) in [5, 5.41) is 0. The van der Waals surface area contributed by atoms with Gasteiger partial charge in [0.15, 0.2) is 0 Å². The van der Waals surface area contributed by atoms with Crippen molar-refractivity contribution in [2.24, 2.45) is 5.73 Å². The summed E-state index contributed by atoms with van der Waals surface area (Å²) in [7, 11) is 3.41. The highest BCUT2D eigenvalue weighted by Gasteiger charge is 2.16. The van der Waals surface area contributed by atoms with Gasteiger partial charge in [0.1, 0.15) is 0 Å². The van der Waals surface area contributed by atoms with Crippen LogP contribution in [0.1, 0.15) is 22.8 Å². The molecule has 0 aliphatic carbocycles. The van der Waals surface area contributed by atoms with Crippen molar-refractivity contribution in [3.05, 3.63) is 35.4 Å². The molecule has 0 heterocycles. The summed E-state index contributed by atoms with van der Waals surface area (Å²) in [6, 6.07) is 7.42. The van der Waals surface area contributed by atoms with E-state index in [1.165, 1.54) is 0 Å². The number of amides is 1. The molecule has 0 aliphatic rings. The third-order valence-corrected chi connectivity index (χ3v) is 2.83. The van der Waals surface area contributed by atoms with Gasteiger partial charge in [-0.2, -0.15) is 0 Å². The van der Waals surface area contributed by atoms with Gasteiger partial charge in [-0.25, -0.2) is 0 Å². The Morgan fingerprint density at radius 1 is 1.41 bits per heavy atom. The normalized spacial score (nSPS) is 12.2. The zero-order valence-corrected chi connectivity index (χ0v) is 10.6. The average molecular weight is 236 g/mol. The van der Waals surface area contributed by atoms with Gasteiger partial charge in [0.05, 0.1) is 12.6 Å². The Labute approximate surface area is 102 Å². The molecule has 0 saturated heterocycles. The first-order valence-corrected chi connectivity index (χ1v) is 5.65. The van der Waals surface area contributed by atoms with Crippen LogP contribution >= 0.6 is 0 Å². The second kappa shape index (κ2) is 6.37. The van der Waals surface area contributed by atoms with Crippen molar-refractivity contribution in [1.82, 2.24) is 4.90 Å². The minimum absolute atomic E-state index is 0.00174. The first kappa shape index (κ1) is 13.7. The molecule has 0 radical (unpaired) electrons. The molecule has 1 aromatic carbocycles. The Morgan fingerprint density at radius 3 is 2.47 bits per heavy atom. The number of likely N-dealkylation sites (N-methyl/N-ethyl adjacent to an activating group) is 1. The predicted octanol–water partition coefficient (Wildman–Crippen LogP) is 1.25. The minimum Gasteiger partial charge on any atom is -0.383 e. The number of ether oxygens (including phenoxy) is 1. The fourth-order valence-electron chi connectivity index (χ4n) is 1.54. The Bertz CT molecular complexity index is 362. The van der Waals surface area contributed by atoms with E-state index in [2.05, 4.69) is 0 Å². The summed E-state index contributed by atoms with van der Waals surface area (Å²) in [5.41, 5.74) is 7.21. The summed E-state index contributed by atoms with van der Waals surface area (Å²) >= 11 is 0. The largest absolute Gasteiger partial charge is 0.383 e. The molecule has 17 heavy (non-hydrogen) atoms. The molecule has 0 aliphatic heterocycles. The van der Waals surface area contributed by atoms with E-state index in [0.717, 1.165) is 5.56 Å². The summed E-state index contributed by atoms with van der Waals surface area (Å²) in [6.07, 6.45) is 0. The molecule has 2 N–H and O–H groups in total. The van der Waals surface area contributed by atoms with Gasteiger partial charge < -0.3 is 15.4 Å². The molecule has 1 unspecified atom stereocenters. The van der Waals surface area contributed by atoms with E-state index < -0.39 is 0 Å². The van der Waals surface area contributed by atoms with Crippen LogP contribution in [-0.4, -0.2) is 37.6 Å². The van der Waals surface area contributed by atoms with Crippen LogP contribution in [0, 0.1) is 0 Å². The highest BCUT2D eigenvalue weighted by atomic mass is 16.5. The molecule has 0 fully saturated rings. The standard InChI is InChI=1S/C13H20N2O2/c1-10(9-17-3)15(2)13(16)12-6-4-11(8-14)5-7-12/h4-7,10H,8-9,14H2,1-3H3. The highest BCUT2D eigenvalue weighted by Crippen LogP contribution is 2.08. The molecule has 4 heteroatoms. The molecule has 4 nitrogen and oxygen atoms in total. The predicted molar refractivity (Wildman–Crippen MR) is 67.8 cm³/mol. The van der Waals surface area contributed by atoms with Gasteiger partial charge in [0.25, 0.3) is 5.91 Å². The Balaban J connectivity index is 2.74. The van der Waals surface area contributed by atoms with Crippen LogP contribution in [0.25, 0.3) is 0 Å². The molecule has 0 spiro atoms. The van der Waals surface area contributed by atoms with Gasteiger partial charge in [0, 0.05) is 26.3 Å². The van der Waals surface area contributed by atoms with E-state index in [1.54, 1.807) is 31.2 Å². The lowest BCUT2D eigenvalue weighted by atomic mass is 10.1. The molecule has 1 amide bonds. The van der Waals surface area contributed by atoms with Crippen molar-refractivity contribution >= 4 is 5.91 Å². The molecule has 0 saturated carbocycles. The van der Waals surface area contributed by atoms with Crippen molar-refractivity contribution in [1.29, 1.82) is 0 Å². The zero-order valence-electron chi connectivity index (χ0n) is 10.6.